The van der Waals surface area contributed by atoms with Crippen molar-refractivity contribution >= 4 is 5.91 Å². The predicted molar refractivity (Wildman–Crippen MR) is 92.6 cm³/mol. The van der Waals surface area contributed by atoms with E-state index in [1.54, 1.807) is 18.0 Å². The number of hydrogen-bond donors (Lipinski definition) is 1. The van der Waals surface area contributed by atoms with Crippen molar-refractivity contribution in [3.63, 3.8) is 0 Å². The van der Waals surface area contributed by atoms with Gasteiger partial charge < -0.3 is 14.7 Å². The van der Waals surface area contributed by atoms with Gasteiger partial charge in [-0.25, -0.2) is 4.68 Å². The molecular formula is C19H23N3O3. The number of aliphatic hydroxyl groups is 1. The lowest BCUT2D eigenvalue weighted by Crippen LogP contribution is -2.52. The Labute approximate surface area is 147 Å². The van der Waals surface area contributed by atoms with Gasteiger partial charge in [0.2, 0.25) is 0 Å². The zero-order valence-electron chi connectivity index (χ0n) is 14.3. The van der Waals surface area contributed by atoms with Gasteiger partial charge in [-0.2, -0.15) is 5.10 Å². The van der Waals surface area contributed by atoms with E-state index in [9.17, 15) is 9.90 Å². The maximum atomic E-state index is 13.1. The van der Waals surface area contributed by atoms with Crippen LogP contribution in [0.5, 0.6) is 0 Å². The lowest BCUT2D eigenvalue weighted by atomic mass is 9.79. The van der Waals surface area contributed by atoms with Gasteiger partial charge in [-0.1, -0.05) is 6.07 Å². The number of aromatic nitrogens is 2. The third kappa shape index (κ3) is 2.75. The van der Waals surface area contributed by atoms with E-state index in [1.807, 2.05) is 41.4 Å². The molecule has 0 bridgehead atoms. The molecule has 6 nitrogen and oxygen atoms in total. The van der Waals surface area contributed by atoms with Crippen molar-refractivity contribution in [1.82, 2.24) is 14.7 Å². The van der Waals surface area contributed by atoms with Gasteiger partial charge in [0, 0.05) is 31.6 Å². The fraction of sp³-hybridized carbons (Fsp3) is 0.474. The number of rotatable bonds is 3. The third-order valence-electron chi connectivity index (χ3n) is 5.68. The number of benzene rings is 1. The molecule has 0 spiro atoms. The Bertz CT molecular complexity index is 761. The largest absolute Gasteiger partial charge is 0.393 e. The maximum absolute atomic E-state index is 13.1. The highest BCUT2D eigenvalue weighted by Gasteiger charge is 2.52. The summed E-state index contributed by atoms with van der Waals surface area (Å²) in [6.07, 6.45) is 6.15. The van der Waals surface area contributed by atoms with Gasteiger partial charge in [0.15, 0.2) is 0 Å². The van der Waals surface area contributed by atoms with Gasteiger partial charge in [-0.05, 0) is 49.9 Å². The van der Waals surface area contributed by atoms with Gasteiger partial charge in [-0.3, -0.25) is 4.79 Å². The molecule has 6 heteroatoms. The SMILES string of the molecule is CO[C@@]12CC[C@H](O)C[C@@H]1N(C(=O)c1cccc(-n3cccn3)c1)CC2. The molecule has 0 radical (unpaired) electrons. The highest BCUT2D eigenvalue weighted by molar-refractivity contribution is 5.95. The highest BCUT2D eigenvalue weighted by Crippen LogP contribution is 2.42. The first-order chi connectivity index (χ1) is 12.1. The van der Waals surface area contributed by atoms with Crippen LogP contribution in [-0.2, 0) is 4.74 Å². The molecule has 1 saturated heterocycles. The van der Waals surface area contributed by atoms with Crippen molar-refractivity contribution in [2.45, 2.75) is 43.4 Å². The van der Waals surface area contributed by atoms with Crippen LogP contribution in [0, 0.1) is 0 Å². The molecule has 2 heterocycles. The van der Waals surface area contributed by atoms with E-state index in [0.29, 0.717) is 18.5 Å². The lowest BCUT2D eigenvalue weighted by molar-refractivity contribution is -0.0824. The quantitative estimate of drug-likeness (QED) is 0.927. The second-order valence-corrected chi connectivity index (χ2v) is 6.96. The fourth-order valence-electron chi connectivity index (χ4n) is 4.29. The molecule has 2 aromatic rings. The highest BCUT2D eigenvalue weighted by atomic mass is 16.5. The summed E-state index contributed by atoms with van der Waals surface area (Å²) in [5.74, 6) is -0.00738. The number of methoxy groups -OCH3 is 1. The molecule has 132 valence electrons. The van der Waals surface area contributed by atoms with E-state index in [1.165, 1.54) is 0 Å². The number of carbonyl (C=O) groups excluding carboxylic acids is 1. The Morgan fingerprint density at radius 2 is 2.24 bits per heavy atom. The summed E-state index contributed by atoms with van der Waals surface area (Å²) in [6, 6.07) is 9.28. The second kappa shape index (κ2) is 6.28. The smallest absolute Gasteiger partial charge is 0.254 e. The molecule has 1 aromatic heterocycles. The molecule has 1 N–H and O–H groups in total. The van der Waals surface area contributed by atoms with E-state index in [0.717, 1.165) is 24.9 Å². The van der Waals surface area contributed by atoms with Crippen LogP contribution >= 0.6 is 0 Å². The number of carbonyl (C=O) groups is 1. The number of hydrogen-bond acceptors (Lipinski definition) is 4. The van der Waals surface area contributed by atoms with Gasteiger partial charge in [-0.15, -0.1) is 0 Å². The van der Waals surface area contributed by atoms with Crippen molar-refractivity contribution in [2.75, 3.05) is 13.7 Å². The van der Waals surface area contributed by atoms with Crippen LogP contribution in [0.1, 0.15) is 36.0 Å². The molecule has 1 saturated carbocycles. The normalized spacial score (nSPS) is 28.8. The molecule has 3 atom stereocenters. The maximum Gasteiger partial charge on any atom is 0.254 e. The minimum absolute atomic E-state index is 0.00738. The number of fused-ring (bicyclic) bond motifs is 1. The first kappa shape index (κ1) is 16.3. The zero-order chi connectivity index (χ0) is 17.4. The summed E-state index contributed by atoms with van der Waals surface area (Å²) in [7, 11) is 1.72. The molecule has 1 aliphatic heterocycles. The van der Waals surface area contributed by atoms with Crippen LogP contribution in [0.2, 0.25) is 0 Å². The monoisotopic (exact) mass is 341 g/mol. The average molecular weight is 341 g/mol. The predicted octanol–water partition coefficient (Wildman–Crippen LogP) is 2.02. The molecule has 1 amide bonds. The zero-order valence-corrected chi connectivity index (χ0v) is 14.3. The first-order valence-corrected chi connectivity index (χ1v) is 8.77. The molecule has 1 aromatic carbocycles. The topological polar surface area (TPSA) is 67.6 Å². The van der Waals surface area contributed by atoms with Crippen LogP contribution in [0.25, 0.3) is 5.69 Å². The van der Waals surface area contributed by atoms with Gasteiger partial charge in [0.05, 0.1) is 23.4 Å². The van der Waals surface area contributed by atoms with Crippen molar-refractivity contribution in [2.24, 2.45) is 0 Å². The van der Waals surface area contributed by atoms with E-state index in [-0.39, 0.29) is 23.7 Å². The molecule has 25 heavy (non-hydrogen) atoms. The summed E-state index contributed by atoms with van der Waals surface area (Å²) in [6.45, 7) is 0.663. The average Bonchev–Trinajstić information content (AvgIpc) is 3.29. The van der Waals surface area contributed by atoms with Gasteiger partial charge in [0.1, 0.15) is 0 Å². The molecule has 2 aliphatic rings. The number of likely N-dealkylation sites (tertiary alicyclic amines) is 1. The number of nitrogens with zero attached hydrogens (tertiary/aromatic N) is 3. The van der Waals surface area contributed by atoms with E-state index in [4.69, 9.17) is 4.74 Å². The van der Waals surface area contributed by atoms with Crippen LogP contribution in [0.3, 0.4) is 0 Å². The fourth-order valence-corrected chi connectivity index (χ4v) is 4.29. The van der Waals surface area contributed by atoms with Gasteiger partial charge in [0.25, 0.3) is 5.91 Å². The van der Waals surface area contributed by atoms with Crippen LogP contribution < -0.4 is 0 Å². The molecular weight excluding hydrogens is 318 g/mol. The van der Waals surface area contributed by atoms with E-state index < -0.39 is 0 Å². The summed E-state index contributed by atoms with van der Waals surface area (Å²) >= 11 is 0. The summed E-state index contributed by atoms with van der Waals surface area (Å²) in [5, 5.41) is 14.3. The van der Waals surface area contributed by atoms with E-state index in [2.05, 4.69) is 5.10 Å². The van der Waals surface area contributed by atoms with Gasteiger partial charge >= 0.3 is 0 Å². The third-order valence-corrected chi connectivity index (χ3v) is 5.68. The van der Waals surface area contributed by atoms with Crippen molar-refractivity contribution < 1.29 is 14.6 Å². The van der Waals surface area contributed by atoms with Crippen LogP contribution in [0.4, 0.5) is 0 Å². The molecule has 4 rings (SSSR count). The summed E-state index contributed by atoms with van der Waals surface area (Å²) in [4.78, 5) is 15.0. The van der Waals surface area contributed by atoms with Crippen molar-refractivity contribution in [3.8, 4) is 5.69 Å². The second-order valence-electron chi connectivity index (χ2n) is 6.96. The standard InChI is InChI=1S/C19H23N3O3/c1-25-19-7-6-16(23)13-17(19)21(11-8-19)18(24)14-4-2-5-15(12-14)22-10-3-9-20-22/h2-5,9-10,12,16-17,23H,6-8,11,13H2,1H3/t16-,17-,19+/m0/s1. The lowest BCUT2D eigenvalue weighted by Gasteiger charge is -2.42. The molecule has 0 unspecified atom stereocenters. The minimum atomic E-state index is -0.364. The Hall–Kier alpha value is -2.18. The molecule has 2 fully saturated rings. The Morgan fingerprint density at radius 1 is 1.36 bits per heavy atom. The number of amides is 1. The Morgan fingerprint density at radius 3 is 3.00 bits per heavy atom. The van der Waals surface area contributed by atoms with Crippen molar-refractivity contribution in [1.29, 1.82) is 0 Å². The number of ether oxygens (including phenoxy) is 1. The Kier molecular flexibility index (Phi) is 4.09. The van der Waals surface area contributed by atoms with E-state index >= 15 is 0 Å². The van der Waals surface area contributed by atoms with Crippen LogP contribution in [0.15, 0.2) is 42.7 Å². The summed E-state index contributed by atoms with van der Waals surface area (Å²) in [5.41, 5.74) is 1.19. The van der Waals surface area contributed by atoms with Crippen molar-refractivity contribution in [3.05, 3.63) is 48.3 Å². The molecule has 1 aliphatic carbocycles. The first-order valence-electron chi connectivity index (χ1n) is 8.77. The van der Waals surface area contributed by atoms with Crippen LogP contribution in [-0.4, -0.2) is 57.1 Å². The Balaban J connectivity index is 1.62. The minimum Gasteiger partial charge on any atom is -0.393 e. The number of aliphatic hydroxyl groups excluding tert-OH is 1. The summed E-state index contributed by atoms with van der Waals surface area (Å²) < 4.78 is 7.57.